The van der Waals surface area contributed by atoms with E-state index in [0.717, 1.165) is 17.2 Å². The molecule has 0 aliphatic heterocycles. The standard InChI is InChI=1S/C13H15N7O/c1-21-8-4-12-16-17-18-20(12)10-11-3-6-14-13(9-11)19-7-2-5-15-19/h2-3,5-7,9H,4,8,10H2,1H3. The Morgan fingerprint density at radius 1 is 1.29 bits per heavy atom. The summed E-state index contributed by atoms with van der Waals surface area (Å²) in [6.07, 6.45) is 6.01. The lowest BCUT2D eigenvalue weighted by Gasteiger charge is -2.06. The summed E-state index contributed by atoms with van der Waals surface area (Å²) < 4.78 is 8.54. The molecule has 8 heteroatoms. The molecule has 0 radical (unpaired) electrons. The molecular formula is C13H15N7O. The minimum Gasteiger partial charge on any atom is -0.384 e. The maximum atomic E-state index is 5.06. The first-order valence-electron chi connectivity index (χ1n) is 6.56. The van der Waals surface area contributed by atoms with Crippen molar-refractivity contribution >= 4 is 0 Å². The molecule has 21 heavy (non-hydrogen) atoms. The van der Waals surface area contributed by atoms with Gasteiger partial charge in [0.2, 0.25) is 0 Å². The molecule has 0 saturated heterocycles. The lowest BCUT2D eigenvalue weighted by molar-refractivity contribution is 0.199. The van der Waals surface area contributed by atoms with Crippen LogP contribution in [0.3, 0.4) is 0 Å². The van der Waals surface area contributed by atoms with Crippen molar-refractivity contribution in [2.45, 2.75) is 13.0 Å². The highest BCUT2D eigenvalue weighted by molar-refractivity contribution is 5.27. The van der Waals surface area contributed by atoms with Crippen molar-refractivity contribution in [3.05, 3.63) is 48.2 Å². The fourth-order valence-corrected chi connectivity index (χ4v) is 1.98. The smallest absolute Gasteiger partial charge is 0.153 e. The first-order valence-corrected chi connectivity index (χ1v) is 6.56. The van der Waals surface area contributed by atoms with Crippen LogP contribution in [0.25, 0.3) is 5.82 Å². The third-order valence-corrected chi connectivity index (χ3v) is 3.02. The Kier molecular flexibility index (Phi) is 3.97. The van der Waals surface area contributed by atoms with Gasteiger partial charge in [0.15, 0.2) is 11.6 Å². The lowest BCUT2D eigenvalue weighted by Crippen LogP contribution is -2.10. The Labute approximate surface area is 121 Å². The predicted molar refractivity (Wildman–Crippen MR) is 73.9 cm³/mol. The molecule has 0 aliphatic rings. The quantitative estimate of drug-likeness (QED) is 0.655. The molecule has 0 saturated carbocycles. The lowest BCUT2D eigenvalue weighted by atomic mass is 10.2. The van der Waals surface area contributed by atoms with Gasteiger partial charge < -0.3 is 4.74 Å². The number of ether oxygens (including phenoxy) is 1. The topological polar surface area (TPSA) is 83.5 Å². The molecule has 0 fully saturated rings. The number of aromatic nitrogens is 7. The number of nitrogens with zero attached hydrogens (tertiary/aromatic N) is 7. The third-order valence-electron chi connectivity index (χ3n) is 3.02. The van der Waals surface area contributed by atoms with Crippen LogP contribution < -0.4 is 0 Å². The van der Waals surface area contributed by atoms with Gasteiger partial charge in [-0.2, -0.15) is 5.10 Å². The fraction of sp³-hybridized carbons (Fsp3) is 0.308. The molecule has 0 atom stereocenters. The van der Waals surface area contributed by atoms with Crippen LogP contribution in [0.2, 0.25) is 0 Å². The Morgan fingerprint density at radius 3 is 3.05 bits per heavy atom. The average Bonchev–Trinajstić information content (AvgIpc) is 3.17. The number of rotatable bonds is 6. The zero-order valence-corrected chi connectivity index (χ0v) is 11.6. The predicted octanol–water partition coefficient (Wildman–Crippen LogP) is 0.491. The average molecular weight is 285 g/mol. The number of hydrogen-bond donors (Lipinski definition) is 0. The summed E-state index contributed by atoms with van der Waals surface area (Å²) in [5, 5.41) is 15.9. The molecule has 0 N–H and O–H groups in total. The van der Waals surface area contributed by atoms with Crippen molar-refractivity contribution in [2.24, 2.45) is 0 Å². The second-order valence-corrected chi connectivity index (χ2v) is 4.47. The first kappa shape index (κ1) is 13.4. The molecular weight excluding hydrogens is 270 g/mol. The van der Waals surface area contributed by atoms with Crippen molar-refractivity contribution < 1.29 is 4.74 Å². The summed E-state index contributed by atoms with van der Waals surface area (Å²) in [7, 11) is 1.66. The normalized spacial score (nSPS) is 10.9. The van der Waals surface area contributed by atoms with E-state index >= 15 is 0 Å². The van der Waals surface area contributed by atoms with Crippen LogP contribution in [0.5, 0.6) is 0 Å². The third kappa shape index (κ3) is 3.11. The summed E-state index contributed by atoms with van der Waals surface area (Å²) in [5.74, 6) is 1.57. The van der Waals surface area contributed by atoms with Crippen LogP contribution in [0.1, 0.15) is 11.4 Å². The van der Waals surface area contributed by atoms with E-state index in [4.69, 9.17) is 4.74 Å². The Balaban J connectivity index is 1.79. The molecule has 3 rings (SSSR count). The molecule has 3 aromatic rings. The number of tetrazole rings is 1. The maximum absolute atomic E-state index is 5.06. The van der Waals surface area contributed by atoms with Gasteiger partial charge >= 0.3 is 0 Å². The zero-order chi connectivity index (χ0) is 14.5. The van der Waals surface area contributed by atoms with E-state index < -0.39 is 0 Å². The summed E-state index contributed by atoms with van der Waals surface area (Å²) in [5.41, 5.74) is 1.06. The van der Waals surface area contributed by atoms with Gasteiger partial charge in [0.05, 0.1) is 13.2 Å². The van der Waals surface area contributed by atoms with Crippen molar-refractivity contribution in [2.75, 3.05) is 13.7 Å². The fourth-order valence-electron chi connectivity index (χ4n) is 1.98. The Morgan fingerprint density at radius 2 is 2.24 bits per heavy atom. The molecule has 0 amide bonds. The largest absolute Gasteiger partial charge is 0.384 e. The van der Waals surface area contributed by atoms with Gasteiger partial charge in [0.1, 0.15) is 0 Å². The minimum absolute atomic E-state index is 0.586. The van der Waals surface area contributed by atoms with E-state index in [9.17, 15) is 0 Å². The van der Waals surface area contributed by atoms with Crippen LogP contribution in [-0.4, -0.2) is 48.7 Å². The van der Waals surface area contributed by atoms with Crippen molar-refractivity contribution in [3.63, 3.8) is 0 Å². The molecule has 0 aromatic carbocycles. The van der Waals surface area contributed by atoms with Crippen molar-refractivity contribution in [3.8, 4) is 5.82 Å². The molecule has 8 nitrogen and oxygen atoms in total. The highest BCUT2D eigenvalue weighted by Gasteiger charge is 2.07. The van der Waals surface area contributed by atoms with E-state index in [-0.39, 0.29) is 0 Å². The summed E-state index contributed by atoms with van der Waals surface area (Å²) >= 11 is 0. The number of pyridine rings is 1. The molecule has 0 bridgehead atoms. The van der Waals surface area contributed by atoms with Gasteiger partial charge in [-0.25, -0.2) is 14.3 Å². The minimum atomic E-state index is 0.586. The zero-order valence-electron chi connectivity index (χ0n) is 11.6. The van der Waals surface area contributed by atoms with Crippen LogP contribution in [0.15, 0.2) is 36.8 Å². The first-order chi connectivity index (χ1) is 10.4. The summed E-state index contributed by atoms with van der Waals surface area (Å²) in [4.78, 5) is 4.30. The van der Waals surface area contributed by atoms with Gasteiger partial charge in [-0.05, 0) is 34.2 Å². The Hall–Kier alpha value is -2.61. The molecule has 3 heterocycles. The molecule has 3 aromatic heterocycles. The van der Waals surface area contributed by atoms with Crippen molar-refractivity contribution in [1.82, 2.24) is 35.0 Å². The van der Waals surface area contributed by atoms with E-state index in [1.165, 1.54) is 0 Å². The van der Waals surface area contributed by atoms with Gasteiger partial charge in [-0.15, -0.1) is 5.10 Å². The van der Waals surface area contributed by atoms with Crippen LogP contribution in [-0.2, 0) is 17.7 Å². The number of hydrogen-bond acceptors (Lipinski definition) is 6. The van der Waals surface area contributed by atoms with E-state index in [0.29, 0.717) is 19.6 Å². The van der Waals surface area contributed by atoms with Gasteiger partial charge in [-0.1, -0.05) is 0 Å². The van der Waals surface area contributed by atoms with E-state index in [2.05, 4.69) is 25.6 Å². The van der Waals surface area contributed by atoms with Crippen LogP contribution in [0.4, 0.5) is 0 Å². The molecule has 0 aliphatic carbocycles. The monoisotopic (exact) mass is 285 g/mol. The maximum Gasteiger partial charge on any atom is 0.153 e. The van der Waals surface area contributed by atoms with Gasteiger partial charge in [0, 0.05) is 32.1 Å². The molecule has 0 unspecified atom stereocenters. The van der Waals surface area contributed by atoms with Crippen LogP contribution >= 0.6 is 0 Å². The van der Waals surface area contributed by atoms with E-state index in [1.54, 1.807) is 28.9 Å². The van der Waals surface area contributed by atoms with Gasteiger partial charge in [-0.3, -0.25) is 0 Å². The van der Waals surface area contributed by atoms with Crippen molar-refractivity contribution in [1.29, 1.82) is 0 Å². The molecule has 108 valence electrons. The number of methoxy groups -OCH3 is 1. The highest BCUT2D eigenvalue weighted by atomic mass is 16.5. The van der Waals surface area contributed by atoms with Crippen LogP contribution in [0, 0.1) is 0 Å². The van der Waals surface area contributed by atoms with Gasteiger partial charge in [0.25, 0.3) is 0 Å². The second kappa shape index (κ2) is 6.23. The summed E-state index contributed by atoms with van der Waals surface area (Å²) in [6, 6.07) is 5.77. The highest BCUT2D eigenvalue weighted by Crippen LogP contribution is 2.08. The second-order valence-electron chi connectivity index (χ2n) is 4.47. The SMILES string of the molecule is COCCc1nnnn1Cc1ccnc(-n2cccn2)c1. The summed E-state index contributed by atoms with van der Waals surface area (Å²) in [6.45, 7) is 1.18. The Bertz CT molecular complexity index is 692. The van der Waals surface area contributed by atoms with E-state index in [1.807, 2.05) is 24.4 Å². The molecule has 0 spiro atoms.